The molecule has 1 aliphatic heterocycles. The number of halogens is 2. The predicted molar refractivity (Wildman–Crippen MR) is 96.1 cm³/mol. The molecule has 1 fully saturated rings. The van der Waals surface area contributed by atoms with Gasteiger partial charge in [-0.1, -0.05) is 53.5 Å². The van der Waals surface area contributed by atoms with Crippen molar-refractivity contribution >= 4 is 33.2 Å². The van der Waals surface area contributed by atoms with Crippen LogP contribution < -0.4 is 4.90 Å². The summed E-state index contributed by atoms with van der Waals surface area (Å²) in [4.78, 5) is 1.47. The van der Waals surface area contributed by atoms with E-state index in [1.165, 1.54) is 26.9 Å². The Balaban J connectivity index is 1.68. The molecule has 0 aliphatic carbocycles. The van der Waals surface area contributed by atoms with Gasteiger partial charge in [0.25, 0.3) is 0 Å². The highest BCUT2D eigenvalue weighted by Crippen LogP contribution is 2.27. The quantitative estimate of drug-likeness (QED) is 0.875. The fourth-order valence-electron chi connectivity index (χ4n) is 2.92. The third-order valence-corrected chi connectivity index (χ3v) is 6.85. The lowest BCUT2D eigenvalue weighted by molar-refractivity contribution is -0.917. The SMILES string of the molecule is O=S(=O)(c1cc(Cl)ccc1Cl)N1CC[NH+](Cc2ccccc2)CC1. The van der Waals surface area contributed by atoms with Crippen molar-refractivity contribution in [3.63, 3.8) is 0 Å². The van der Waals surface area contributed by atoms with Gasteiger partial charge in [-0.25, -0.2) is 8.42 Å². The van der Waals surface area contributed by atoms with Crippen LogP contribution in [0.2, 0.25) is 10.0 Å². The van der Waals surface area contributed by atoms with Crippen molar-refractivity contribution in [2.24, 2.45) is 0 Å². The monoisotopic (exact) mass is 385 g/mol. The van der Waals surface area contributed by atoms with Crippen LogP contribution in [0.15, 0.2) is 53.4 Å². The van der Waals surface area contributed by atoms with Crippen molar-refractivity contribution in [1.82, 2.24) is 4.31 Å². The van der Waals surface area contributed by atoms with Crippen LogP contribution in [0.4, 0.5) is 0 Å². The Bertz CT molecular complexity index is 805. The van der Waals surface area contributed by atoms with Crippen molar-refractivity contribution in [3.8, 4) is 0 Å². The number of hydrogen-bond donors (Lipinski definition) is 1. The summed E-state index contributed by atoms with van der Waals surface area (Å²) in [7, 11) is -3.61. The van der Waals surface area contributed by atoms with Crippen molar-refractivity contribution in [3.05, 3.63) is 64.1 Å². The van der Waals surface area contributed by atoms with Gasteiger partial charge in [0, 0.05) is 10.6 Å². The normalized spacial score (nSPS) is 17.1. The highest BCUT2D eigenvalue weighted by molar-refractivity contribution is 7.89. The van der Waals surface area contributed by atoms with Crippen LogP contribution in [0.3, 0.4) is 0 Å². The molecular formula is C17H19Cl2N2O2S+. The van der Waals surface area contributed by atoms with E-state index in [0.717, 1.165) is 19.6 Å². The van der Waals surface area contributed by atoms with E-state index in [2.05, 4.69) is 12.1 Å². The fraction of sp³-hybridized carbons (Fsp3) is 0.294. The van der Waals surface area contributed by atoms with Gasteiger partial charge in [-0.3, -0.25) is 0 Å². The second-order valence-corrected chi connectivity index (χ2v) is 8.64. The molecule has 1 heterocycles. The molecule has 4 nitrogen and oxygen atoms in total. The maximum atomic E-state index is 12.8. The smallest absolute Gasteiger partial charge is 0.245 e. The molecule has 128 valence electrons. The van der Waals surface area contributed by atoms with Gasteiger partial charge in [0.15, 0.2) is 0 Å². The van der Waals surface area contributed by atoms with Crippen LogP contribution in [0.25, 0.3) is 0 Å². The lowest BCUT2D eigenvalue weighted by atomic mass is 10.2. The Morgan fingerprint density at radius 1 is 1.00 bits per heavy atom. The van der Waals surface area contributed by atoms with Crippen LogP contribution in [-0.4, -0.2) is 38.9 Å². The molecule has 7 heteroatoms. The minimum absolute atomic E-state index is 0.0863. The van der Waals surface area contributed by atoms with Gasteiger partial charge in [-0.15, -0.1) is 0 Å². The Hall–Kier alpha value is -1.11. The first kappa shape index (κ1) is 17.7. The Morgan fingerprint density at radius 2 is 1.67 bits per heavy atom. The molecule has 2 aromatic carbocycles. The molecule has 0 atom stereocenters. The van der Waals surface area contributed by atoms with E-state index >= 15 is 0 Å². The van der Waals surface area contributed by atoms with Crippen molar-refractivity contribution in [2.45, 2.75) is 11.4 Å². The van der Waals surface area contributed by atoms with E-state index in [9.17, 15) is 8.42 Å². The molecule has 1 saturated heterocycles. The molecule has 24 heavy (non-hydrogen) atoms. The number of rotatable bonds is 4. The van der Waals surface area contributed by atoms with Crippen LogP contribution >= 0.6 is 23.2 Å². The molecular weight excluding hydrogens is 367 g/mol. The first-order valence-corrected chi connectivity index (χ1v) is 9.99. The van der Waals surface area contributed by atoms with E-state index in [-0.39, 0.29) is 9.92 Å². The summed E-state index contributed by atoms with van der Waals surface area (Å²) in [5.74, 6) is 0. The van der Waals surface area contributed by atoms with Gasteiger partial charge >= 0.3 is 0 Å². The predicted octanol–water partition coefficient (Wildman–Crippen LogP) is 2.08. The molecule has 1 N–H and O–H groups in total. The van der Waals surface area contributed by atoms with E-state index < -0.39 is 10.0 Å². The maximum absolute atomic E-state index is 12.8. The van der Waals surface area contributed by atoms with Crippen molar-refractivity contribution in [1.29, 1.82) is 0 Å². The van der Waals surface area contributed by atoms with Gasteiger partial charge in [0.2, 0.25) is 10.0 Å². The zero-order chi connectivity index (χ0) is 17.2. The molecule has 0 bridgehead atoms. The van der Waals surface area contributed by atoms with Crippen molar-refractivity contribution in [2.75, 3.05) is 26.2 Å². The fourth-order valence-corrected chi connectivity index (χ4v) is 5.10. The summed E-state index contributed by atoms with van der Waals surface area (Å²) in [5, 5.41) is 0.574. The minimum atomic E-state index is -3.61. The van der Waals surface area contributed by atoms with Crippen LogP contribution in [-0.2, 0) is 16.6 Å². The molecule has 2 aromatic rings. The zero-order valence-corrected chi connectivity index (χ0v) is 15.4. The van der Waals surface area contributed by atoms with Gasteiger partial charge < -0.3 is 4.90 Å². The van der Waals surface area contributed by atoms with Crippen LogP contribution in [0, 0.1) is 0 Å². The molecule has 0 amide bonds. The van der Waals surface area contributed by atoms with E-state index in [1.54, 1.807) is 6.07 Å². The summed E-state index contributed by atoms with van der Waals surface area (Å²) in [6, 6.07) is 14.8. The highest BCUT2D eigenvalue weighted by Gasteiger charge is 2.31. The average Bonchev–Trinajstić information content (AvgIpc) is 2.58. The van der Waals surface area contributed by atoms with Crippen LogP contribution in [0.5, 0.6) is 0 Å². The molecule has 3 rings (SSSR count). The topological polar surface area (TPSA) is 41.8 Å². The Labute approximate surface area is 152 Å². The summed E-state index contributed by atoms with van der Waals surface area (Å²) in [6.45, 7) is 3.41. The maximum Gasteiger partial charge on any atom is 0.245 e. The Morgan fingerprint density at radius 3 is 2.33 bits per heavy atom. The average molecular weight is 386 g/mol. The highest BCUT2D eigenvalue weighted by atomic mass is 35.5. The first-order chi connectivity index (χ1) is 11.5. The molecule has 1 aliphatic rings. The van der Waals surface area contributed by atoms with Gasteiger partial charge in [0.1, 0.15) is 11.4 Å². The molecule has 0 spiro atoms. The summed E-state index contributed by atoms with van der Waals surface area (Å²) >= 11 is 12.0. The summed E-state index contributed by atoms with van der Waals surface area (Å²) < 4.78 is 27.1. The molecule has 0 saturated carbocycles. The van der Waals surface area contributed by atoms with E-state index in [1.807, 2.05) is 18.2 Å². The summed E-state index contributed by atoms with van der Waals surface area (Å²) in [5.41, 5.74) is 1.27. The molecule has 0 radical (unpaired) electrons. The second kappa shape index (κ2) is 7.42. The number of quaternary nitrogens is 1. The van der Waals surface area contributed by atoms with Crippen molar-refractivity contribution < 1.29 is 13.3 Å². The third-order valence-electron chi connectivity index (χ3n) is 4.24. The van der Waals surface area contributed by atoms with E-state index in [0.29, 0.717) is 18.1 Å². The number of nitrogens with zero attached hydrogens (tertiary/aromatic N) is 1. The zero-order valence-electron chi connectivity index (χ0n) is 13.1. The van der Waals surface area contributed by atoms with Crippen LogP contribution in [0.1, 0.15) is 5.56 Å². The molecule has 0 unspecified atom stereocenters. The number of benzene rings is 2. The lowest BCUT2D eigenvalue weighted by Crippen LogP contribution is -3.13. The number of hydrogen-bond acceptors (Lipinski definition) is 2. The Kier molecular flexibility index (Phi) is 5.47. The number of nitrogens with one attached hydrogen (secondary N) is 1. The standard InChI is InChI=1S/C17H18Cl2N2O2S/c18-15-6-7-16(19)17(12-15)24(22,23)21-10-8-20(9-11-21)13-14-4-2-1-3-5-14/h1-7,12H,8-11,13H2/p+1. The van der Waals surface area contributed by atoms with Gasteiger partial charge in [0.05, 0.1) is 31.2 Å². The summed E-state index contributed by atoms with van der Waals surface area (Å²) in [6.07, 6.45) is 0. The molecule has 0 aromatic heterocycles. The number of piperazine rings is 1. The number of sulfonamides is 1. The largest absolute Gasteiger partial charge is 0.329 e. The third kappa shape index (κ3) is 3.92. The lowest BCUT2D eigenvalue weighted by Gasteiger charge is -2.31. The minimum Gasteiger partial charge on any atom is -0.329 e. The van der Waals surface area contributed by atoms with E-state index in [4.69, 9.17) is 23.2 Å². The van der Waals surface area contributed by atoms with Gasteiger partial charge in [-0.05, 0) is 18.2 Å². The second-order valence-electron chi connectivity index (χ2n) is 5.89. The first-order valence-electron chi connectivity index (χ1n) is 7.79. The van der Waals surface area contributed by atoms with Gasteiger partial charge in [-0.2, -0.15) is 4.31 Å².